The third kappa shape index (κ3) is 3.45. The number of pyridine rings is 1. The van der Waals surface area contributed by atoms with Crippen molar-refractivity contribution in [2.24, 2.45) is 0 Å². The molecule has 0 saturated heterocycles. The monoisotopic (exact) mass is 426 g/mol. The minimum absolute atomic E-state index is 0.237. The average Bonchev–Trinajstić information content (AvgIpc) is 3.36. The Morgan fingerprint density at radius 2 is 1.87 bits per heavy atom. The minimum atomic E-state index is 0.237. The highest BCUT2D eigenvalue weighted by molar-refractivity contribution is 7.15. The number of phenolic OH excluding ortho intramolecular Hbond substituents is 1. The number of nitrogens with zero attached hydrogens (tertiary/aromatic N) is 3. The SMILES string of the molecule is CCc1cccc(C)c1Nc1c(-c2ccc(O)cc2)nc2scc(-c3ccccn3)n12. The molecule has 2 N–H and O–H groups in total. The molecule has 31 heavy (non-hydrogen) atoms. The maximum absolute atomic E-state index is 9.76. The van der Waals surface area contributed by atoms with Crippen LogP contribution < -0.4 is 5.32 Å². The molecule has 0 radical (unpaired) electrons. The molecule has 0 spiro atoms. The number of aromatic hydroxyl groups is 1. The Morgan fingerprint density at radius 3 is 2.61 bits per heavy atom. The van der Waals surface area contributed by atoms with Crippen LogP contribution in [0.2, 0.25) is 0 Å². The Balaban J connectivity index is 1.76. The Bertz CT molecular complexity index is 1350. The topological polar surface area (TPSA) is 62.5 Å². The Hall–Kier alpha value is -3.64. The number of aromatic nitrogens is 3. The van der Waals surface area contributed by atoms with Gasteiger partial charge >= 0.3 is 0 Å². The van der Waals surface area contributed by atoms with Gasteiger partial charge in [-0.2, -0.15) is 0 Å². The zero-order valence-electron chi connectivity index (χ0n) is 17.3. The third-order valence-corrected chi connectivity index (χ3v) is 6.24. The molecule has 6 heteroatoms. The van der Waals surface area contributed by atoms with Crippen molar-refractivity contribution in [2.45, 2.75) is 20.3 Å². The standard InChI is InChI=1S/C25H22N4OS/c1-3-17-8-6-7-16(2)22(17)27-24-23(18-10-12-19(30)13-11-18)28-25-29(24)21(15-31-25)20-9-4-5-14-26-20/h4-15,27,30H,3H2,1-2H3. The van der Waals surface area contributed by atoms with E-state index in [9.17, 15) is 5.11 Å². The summed E-state index contributed by atoms with van der Waals surface area (Å²) in [5, 5.41) is 15.6. The van der Waals surface area contributed by atoms with Gasteiger partial charge in [0.05, 0.1) is 11.4 Å². The van der Waals surface area contributed by atoms with Crippen LogP contribution >= 0.6 is 11.3 Å². The van der Waals surface area contributed by atoms with Crippen molar-refractivity contribution in [1.82, 2.24) is 14.4 Å². The van der Waals surface area contributed by atoms with E-state index < -0.39 is 0 Å². The van der Waals surface area contributed by atoms with Crippen molar-refractivity contribution >= 4 is 27.8 Å². The Morgan fingerprint density at radius 1 is 1.03 bits per heavy atom. The minimum Gasteiger partial charge on any atom is -0.508 e. The lowest BCUT2D eigenvalue weighted by Crippen LogP contribution is -2.02. The second-order valence-electron chi connectivity index (χ2n) is 7.40. The van der Waals surface area contributed by atoms with Gasteiger partial charge in [0, 0.05) is 22.8 Å². The van der Waals surface area contributed by atoms with Crippen LogP contribution in [-0.4, -0.2) is 19.5 Å². The molecule has 0 amide bonds. The molecule has 0 aliphatic heterocycles. The fourth-order valence-electron chi connectivity index (χ4n) is 3.81. The largest absolute Gasteiger partial charge is 0.508 e. The van der Waals surface area contributed by atoms with Crippen LogP contribution in [0.4, 0.5) is 11.5 Å². The number of fused-ring (bicyclic) bond motifs is 1. The van der Waals surface area contributed by atoms with Crippen molar-refractivity contribution in [3.05, 3.63) is 83.4 Å². The van der Waals surface area contributed by atoms with E-state index in [1.54, 1.807) is 29.7 Å². The van der Waals surface area contributed by atoms with Gasteiger partial charge in [0.2, 0.25) is 0 Å². The van der Waals surface area contributed by atoms with Gasteiger partial charge in [0.25, 0.3) is 0 Å². The molecule has 5 rings (SSSR count). The van der Waals surface area contributed by atoms with E-state index in [0.29, 0.717) is 0 Å². The highest BCUT2D eigenvalue weighted by atomic mass is 32.1. The predicted octanol–water partition coefficient (Wildman–Crippen LogP) is 6.44. The fraction of sp³-hybridized carbons (Fsp3) is 0.120. The highest BCUT2D eigenvalue weighted by Gasteiger charge is 2.21. The summed E-state index contributed by atoms with van der Waals surface area (Å²) in [5.74, 6) is 1.13. The van der Waals surface area contributed by atoms with Crippen molar-refractivity contribution in [1.29, 1.82) is 0 Å². The number of nitrogens with one attached hydrogen (secondary N) is 1. The predicted molar refractivity (Wildman–Crippen MR) is 127 cm³/mol. The van der Waals surface area contributed by atoms with Gasteiger partial charge in [-0.1, -0.05) is 31.2 Å². The van der Waals surface area contributed by atoms with E-state index in [0.717, 1.165) is 45.5 Å². The van der Waals surface area contributed by atoms with E-state index in [4.69, 9.17) is 4.98 Å². The molecule has 0 fully saturated rings. The number of thiazole rings is 1. The first-order valence-corrected chi connectivity index (χ1v) is 11.1. The molecule has 0 aliphatic carbocycles. The van der Waals surface area contributed by atoms with E-state index in [2.05, 4.69) is 52.1 Å². The molecule has 154 valence electrons. The number of para-hydroxylation sites is 1. The molecular formula is C25H22N4OS. The van der Waals surface area contributed by atoms with Gasteiger partial charge in [-0.3, -0.25) is 9.38 Å². The van der Waals surface area contributed by atoms with Gasteiger partial charge in [-0.25, -0.2) is 4.98 Å². The Labute approximate surface area is 184 Å². The summed E-state index contributed by atoms with van der Waals surface area (Å²) in [6.07, 6.45) is 2.73. The van der Waals surface area contributed by atoms with Gasteiger partial charge in [-0.15, -0.1) is 11.3 Å². The van der Waals surface area contributed by atoms with E-state index in [1.165, 1.54) is 11.1 Å². The van der Waals surface area contributed by atoms with Crippen LogP contribution in [0.5, 0.6) is 5.75 Å². The van der Waals surface area contributed by atoms with Gasteiger partial charge in [0.1, 0.15) is 17.3 Å². The zero-order valence-corrected chi connectivity index (χ0v) is 18.1. The molecule has 0 unspecified atom stereocenters. The summed E-state index contributed by atoms with van der Waals surface area (Å²) in [4.78, 5) is 10.4. The van der Waals surface area contributed by atoms with Gasteiger partial charge < -0.3 is 10.4 Å². The van der Waals surface area contributed by atoms with E-state index in [1.807, 2.05) is 30.3 Å². The molecular weight excluding hydrogens is 404 g/mol. The highest BCUT2D eigenvalue weighted by Crippen LogP contribution is 2.38. The lowest BCUT2D eigenvalue weighted by molar-refractivity contribution is 0.475. The van der Waals surface area contributed by atoms with Crippen LogP contribution in [0.3, 0.4) is 0 Å². The number of hydrogen-bond donors (Lipinski definition) is 2. The first-order valence-electron chi connectivity index (χ1n) is 10.2. The van der Waals surface area contributed by atoms with Crippen LogP contribution in [0.25, 0.3) is 27.6 Å². The number of imidazole rings is 1. The molecule has 5 aromatic rings. The third-order valence-electron chi connectivity index (χ3n) is 5.41. The summed E-state index contributed by atoms with van der Waals surface area (Å²) >= 11 is 1.59. The van der Waals surface area contributed by atoms with Crippen molar-refractivity contribution in [3.8, 4) is 28.4 Å². The first-order chi connectivity index (χ1) is 15.2. The number of aryl methyl sites for hydroxylation is 2. The maximum atomic E-state index is 9.76. The number of hydrogen-bond acceptors (Lipinski definition) is 5. The molecule has 0 aliphatic rings. The van der Waals surface area contributed by atoms with Crippen LogP contribution in [0, 0.1) is 6.92 Å². The number of anilines is 2. The molecule has 5 nitrogen and oxygen atoms in total. The molecule has 3 heterocycles. The molecule has 0 bridgehead atoms. The summed E-state index contributed by atoms with van der Waals surface area (Å²) in [7, 11) is 0. The van der Waals surface area contributed by atoms with Crippen LogP contribution in [-0.2, 0) is 6.42 Å². The van der Waals surface area contributed by atoms with Crippen molar-refractivity contribution in [2.75, 3.05) is 5.32 Å². The van der Waals surface area contributed by atoms with Gasteiger partial charge in [-0.05, 0) is 60.9 Å². The second-order valence-corrected chi connectivity index (χ2v) is 8.23. The summed E-state index contributed by atoms with van der Waals surface area (Å²) < 4.78 is 2.14. The summed E-state index contributed by atoms with van der Waals surface area (Å²) in [5.41, 5.74) is 7.20. The number of phenols is 1. The summed E-state index contributed by atoms with van der Waals surface area (Å²) in [6.45, 7) is 4.28. The lowest BCUT2D eigenvalue weighted by atomic mass is 10.1. The van der Waals surface area contributed by atoms with Gasteiger partial charge in [0.15, 0.2) is 4.96 Å². The molecule has 0 atom stereocenters. The second kappa shape index (κ2) is 7.89. The van der Waals surface area contributed by atoms with Crippen molar-refractivity contribution in [3.63, 3.8) is 0 Å². The van der Waals surface area contributed by atoms with Crippen LogP contribution in [0.15, 0.2) is 72.2 Å². The maximum Gasteiger partial charge on any atom is 0.196 e. The Kier molecular flexibility index (Phi) is 4.92. The zero-order chi connectivity index (χ0) is 21.4. The quantitative estimate of drug-likeness (QED) is 0.339. The van der Waals surface area contributed by atoms with Crippen molar-refractivity contribution < 1.29 is 5.11 Å². The summed E-state index contributed by atoms with van der Waals surface area (Å²) in [6, 6.07) is 19.5. The number of rotatable bonds is 5. The molecule has 3 aromatic heterocycles. The van der Waals surface area contributed by atoms with E-state index >= 15 is 0 Å². The normalized spacial score (nSPS) is 11.2. The lowest BCUT2D eigenvalue weighted by Gasteiger charge is -2.15. The smallest absolute Gasteiger partial charge is 0.196 e. The molecule has 2 aromatic carbocycles. The fourth-order valence-corrected chi connectivity index (χ4v) is 4.69. The van der Waals surface area contributed by atoms with Crippen LogP contribution in [0.1, 0.15) is 18.1 Å². The average molecular weight is 427 g/mol. The van der Waals surface area contributed by atoms with E-state index in [-0.39, 0.29) is 5.75 Å². The molecule has 0 saturated carbocycles. The first kappa shape index (κ1) is 19.3. The number of benzene rings is 2.